The van der Waals surface area contributed by atoms with Gasteiger partial charge in [0.15, 0.2) is 0 Å². The lowest BCUT2D eigenvalue weighted by Gasteiger charge is -2.32. The molecule has 1 amide bonds. The number of ether oxygens (including phenoxy) is 1. The number of rotatable bonds is 4. The predicted octanol–water partition coefficient (Wildman–Crippen LogP) is 3.73. The van der Waals surface area contributed by atoms with Crippen LogP contribution in [-0.2, 0) is 18.3 Å². The largest absolute Gasteiger partial charge is 0.473 e. The number of aromatic nitrogens is 3. The van der Waals surface area contributed by atoms with E-state index in [-0.39, 0.29) is 12.0 Å². The Morgan fingerprint density at radius 2 is 1.80 bits per heavy atom. The summed E-state index contributed by atoms with van der Waals surface area (Å²) >= 11 is 0. The highest BCUT2D eigenvalue weighted by atomic mass is 16.5. The van der Waals surface area contributed by atoms with Crippen molar-refractivity contribution < 1.29 is 9.53 Å². The molecule has 1 aliphatic heterocycles. The Bertz CT molecular complexity index is 1200. The second-order valence-electron chi connectivity index (χ2n) is 7.89. The second-order valence-corrected chi connectivity index (χ2v) is 7.89. The summed E-state index contributed by atoms with van der Waals surface area (Å²) < 4.78 is 8.25. The number of hydrogen-bond acceptors (Lipinski definition) is 4. The Labute approximate surface area is 175 Å². The first-order valence-corrected chi connectivity index (χ1v) is 10.4. The van der Waals surface area contributed by atoms with Gasteiger partial charge in [0.05, 0.1) is 12.6 Å². The molecule has 0 spiro atoms. The third kappa shape index (κ3) is 3.49. The molecule has 0 radical (unpaired) electrons. The maximum atomic E-state index is 12.9. The summed E-state index contributed by atoms with van der Waals surface area (Å²) in [5.74, 6) is 0.753. The van der Waals surface area contributed by atoms with Crippen LogP contribution >= 0.6 is 0 Å². The van der Waals surface area contributed by atoms with Gasteiger partial charge < -0.3 is 14.2 Å². The van der Waals surface area contributed by atoms with Gasteiger partial charge in [-0.2, -0.15) is 5.10 Å². The second kappa shape index (κ2) is 7.78. The van der Waals surface area contributed by atoms with Gasteiger partial charge in [-0.3, -0.25) is 4.79 Å². The molecule has 0 unspecified atom stereocenters. The molecule has 3 heterocycles. The van der Waals surface area contributed by atoms with Crippen molar-refractivity contribution in [2.45, 2.75) is 25.4 Å². The summed E-state index contributed by atoms with van der Waals surface area (Å²) in [4.78, 5) is 14.9. The Morgan fingerprint density at radius 3 is 2.63 bits per heavy atom. The topological polar surface area (TPSA) is 60.2 Å². The zero-order chi connectivity index (χ0) is 20.5. The fraction of sp³-hybridized carbons (Fsp3) is 0.292. The molecule has 0 aliphatic carbocycles. The van der Waals surface area contributed by atoms with E-state index < -0.39 is 0 Å². The Hall–Kier alpha value is -3.41. The molecule has 2 aromatic heterocycles. The number of aryl methyl sites for hydroxylation is 1. The Morgan fingerprint density at radius 1 is 1.07 bits per heavy atom. The number of carbonyl (C=O) groups is 1. The first-order valence-electron chi connectivity index (χ1n) is 10.4. The van der Waals surface area contributed by atoms with Gasteiger partial charge in [-0.05, 0) is 17.7 Å². The van der Waals surface area contributed by atoms with E-state index in [9.17, 15) is 4.79 Å². The molecule has 0 saturated carbocycles. The van der Waals surface area contributed by atoms with Crippen molar-refractivity contribution in [2.75, 3.05) is 13.1 Å². The van der Waals surface area contributed by atoms with Crippen LogP contribution in [0, 0.1) is 0 Å². The predicted molar refractivity (Wildman–Crippen MR) is 116 cm³/mol. The normalized spacial score (nSPS) is 15.0. The summed E-state index contributed by atoms with van der Waals surface area (Å²) in [5, 5.41) is 11.4. The van der Waals surface area contributed by atoms with Crippen LogP contribution < -0.4 is 4.74 Å². The lowest BCUT2D eigenvalue weighted by atomic mass is 10.1. The number of benzene rings is 2. The van der Waals surface area contributed by atoms with Crippen LogP contribution in [0.5, 0.6) is 5.88 Å². The highest BCUT2D eigenvalue weighted by Crippen LogP contribution is 2.26. The van der Waals surface area contributed by atoms with Gasteiger partial charge in [-0.1, -0.05) is 36.4 Å². The number of fused-ring (bicyclic) bond motifs is 2. The van der Waals surface area contributed by atoms with Crippen molar-refractivity contribution >= 4 is 27.6 Å². The van der Waals surface area contributed by atoms with Gasteiger partial charge in [-0.15, -0.1) is 5.10 Å². The van der Waals surface area contributed by atoms with Crippen LogP contribution in [0.25, 0.3) is 21.7 Å². The van der Waals surface area contributed by atoms with Gasteiger partial charge in [0, 0.05) is 60.9 Å². The van der Waals surface area contributed by atoms with E-state index in [1.165, 1.54) is 0 Å². The Kier molecular flexibility index (Phi) is 4.83. The van der Waals surface area contributed by atoms with E-state index in [0.717, 1.165) is 40.1 Å². The van der Waals surface area contributed by atoms with Gasteiger partial charge >= 0.3 is 0 Å². The van der Waals surface area contributed by atoms with E-state index in [1.54, 1.807) is 6.20 Å². The molecule has 0 N–H and O–H groups in total. The van der Waals surface area contributed by atoms with Crippen molar-refractivity contribution in [3.05, 3.63) is 66.5 Å². The van der Waals surface area contributed by atoms with Gasteiger partial charge in [0.2, 0.25) is 11.8 Å². The fourth-order valence-corrected chi connectivity index (χ4v) is 4.31. The van der Waals surface area contributed by atoms with E-state index in [0.29, 0.717) is 25.4 Å². The first kappa shape index (κ1) is 18.6. The molecular weight excluding hydrogens is 376 g/mol. The summed E-state index contributed by atoms with van der Waals surface area (Å²) in [6, 6.07) is 16.2. The quantitative estimate of drug-likeness (QED) is 0.524. The maximum Gasteiger partial charge on any atom is 0.241 e. The van der Waals surface area contributed by atoms with Crippen molar-refractivity contribution in [3.63, 3.8) is 0 Å². The minimum atomic E-state index is 0.0479. The smallest absolute Gasteiger partial charge is 0.241 e. The zero-order valence-corrected chi connectivity index (χ0v) is 17.0. The molecule has 5 rings (SSSR count). The van der Waals surface area contributed by atoms with Crippen molar-refractivity contribution in [3.8, 4) is 5.88 Å². The molecule has 152 valence electrons. The van der Waals surface area contributed by atoms with Gasteiger partial charge in [0.25, 0.3) is 0 Å². The number of nitrogens with zero attached hydrogens (tertiary/aromatic N) is 4. The SMILES string of the molecule is Cn1cc(CC(=O)N2CCC(Oc3nncc4ccccc34)CC2)c2ccccc21. The van der Waals surface area contributed by atoms with Crippen LogP contribution in [0.1, 0.15) is 18.4 Å². The number of hydrogen-bond donors (Lipinski definition) is 0. The van der Waals surface area contributed by atoms with Crippen LogP contribution in [0.3, 0.4) is 0 Å². The summed E-state index contributed by atoms with van der Waals surface area (Å²) in [6.45, 7) is 1.40. The van der Waals surface area contributed by atoms with Crippen molar-refractivity contribution in [2.24, 2.45) is 7.05 Å². The maximum absolute atomic E-state index is 12.9. The lowest BCUT2D eigenvalue weighted by Crippen LogP contribution is -2.42. The number of carbonyl (C=O) groups excluding carboxylic acids is 1. The number of piperidine rings is 1. The molecule has 1 fully saturated rings. The zero-order valence-electron chi connectivity index (χ0n) is 17.0. The lowest BCUT2D eigenvalue weighted by molar-refractivity contribution is -0.132. The third-order valence-electron chi connectivity index (χ3n) is 5.93. The molecular formula is C24H24N4O2. The van der Waals surface area contributed by atoms with E-state index >= 15 is 0 Å². The monoisotopic (exact) mass is 400 g/mol. The number of likely N-dealkylation sites (tertiary alicyclic amines) is 1. The van der Waals surface area contributed by atoms with E-state index in [2.05, 4.69) is 33.1 Å². The van der Waals surface area contributed by atoms with E-state index in [4.69, 9.17) is 4.74 Å². The molecule has 6 heteroatoms. The molecule has 0 bridgehead atoms. The van der Waals surface area contributed by atoms with Crippen LogP contribution in [0.2, 0.25) is 0 Å². The van der Waals surface area contributed by atoms with Crippen LogP contribution in [0.4, 0.5) is 0 Å². The molecule has 4 aromatic rings. The molecule has 1 saturated heterocycles. The molecule has 6 nitrogen and oxygen atoms in total. The molecule has 0 atom stereocenters. The average Bonchev–Trinajstić information content (AvgIpc) is 3.10. The first-order chi connectivity index (χ1) is 14.7. The number of para-hydroxylation sites is 1. The minimum Gasteiger partial charge on any atom is -0.473 e. The third-order valence-corrected chi connectivity index (χ3v) is 5.93. The molecule has 2 aromatic carbocycles. The van der Waals surface area contributed by atoms with Crippen molar-refractivity contribution in [1.29, 1.82) is 0 Å². The highest BCUT2D eigenvalue weighted by Gasteiger charge is 2.25. The summed E-state index contributed by atoms with van der Waals surface area (Å²) in [7, 11) is 2.02. The average molecular weight is 400 g/mol. The van der Waals surface area contributed by atoms with Gasteiger partial charge in [-0.25, -0.2) is 0 Å². The van der Waals surface area contributed by atoms with Gasteiger partial charge in [0.1, 0.15) is 6.10 Å². The molecule has 1 aliphatic rings. The van der Waals surface area contributed by atoms with Crippen LogP contribution in [0.15, 0.2) is 60.9 Å². The minimum absolute atomic E-state index is 0.0479. The summed E-state index contributed by atoms with van der Waals surface area (Å²) in [5.41, 5.74) is 2.24. The van der Waals surface area contributed by atoms with Crippen LogP contribution in [-0.4, -0.2) is 44.8 Å². The molecule has 30 heavy (non-hydrogen) atoms. The van der Waals surface area contributed by atoms with E-state index in [1.807, 2.05) is 48.3 Å². The fourth-order valence-electron chi connectivity index (χ4n) is 4.31. The summed E-state index contributed by atoms with van der Waals surface area (Å²) in [6.07, 6.45) is 5.89. The number of amides is 1. The Balaban J connectivity index is 1.23. The van der Waals surface area contributed by atoms with Crippen molar-refractivity contribution in [1.82, 2.24) is 19.7 Å². The standard InChI is InChI=1S/C24H24N4O2/c1-27-16-18(20-7-4-5-9-22(20)27)14-23(29)28-12-10-19(11-13-28)30-24-21-8-3-2-6-17(21)15-25-26-24/h2-9,15-16,19H,10-14H2,1H3. The highest BCUT2D eigenvalue weighted by molar-refractivity contribution is 5.89.